The number of alkyl halides is 3. The number of hydrogen-bond acceptors (Lipinski definition) is 5. The largest absolute Gasteiger partial charge is 0.417 e. The predicted octanol–water partition coefficient (Wildman–Crippen LogP) is 2.74. The molecule has 1 unspecified atom stereocenters. The van der Waals surface area contributed by atoms with Crippen molar-refractivity contribution in [3.8, 4) is 0 Å². The molecule has 170 valence electrons. The summed E-state index contributed by atoms with van der Waals surface area (Å²) in [7, 11) is -8.48. The highest BCUT2D eigenvalue weighted by atomic mass is 32.2. The Labute approximate surface area is 179 Å². The Balaban J connectivity index is 2.06. The second-order valence-electron chi connectivity index (χ2n) is 7.56. The Hall–Kier alpha value is -1.95. The van der Waals surface area contributed by atoms with Crippen LogP contribution in [0.25, 0.3) is 0 Å². The lowest BCUT2D eigenvalue weighted by molar-refractivity contribution is -0.139. The Kier molecular flexibility index (Phi) is 6.80. The fourth-order valence-electron chi connectivity index (χ4n) is 3.93. The topological polar surface area (TPSA) is 106 Å². The highest BCUT2D eigenvalue weighted by molar-refractivity contribution is 7.92. The molecule has 3 rings (SSSR count). The number of hydrogen-bond donors (Lipinski definition) is 2. The fraction of sp³-hybridized carbons (Fsp3) is 0.400. The fourth-order valence-corrected chi connectivity index (χ4v) is 6.81. The zero-order chi connectivity index (χ0) is 22.9. The molecule has 2 aromatic carbocycles. The number of nitrogens with one attached hydrogen (secondary N) is 1. The van der Waals surface area contributed by atoms with E-state index in [4.69, 9.17) is 5.14 Å². The summed E-state index contributed by atoms with van der Waals surface area (Å²) in [4.78, 5) is -0.934. The molecule has 0 radical (unpaired) electrons. The van der Waals surface area contributed by atoms with Crippen LogP contribution in [-0.4, -0.2) is 35.2 Å². The number of benzene rings is 2. The van der Waals surface area contributed by atoms with E-state index < -0.39 is 41.7 Å². The number of sulfonamides is 1. The molecule has 11 heteroatoms. The summed E-state index contributed by atoms with van der Waals surface area (Å²) in [5, 5.41) is 7.27. The molecule has 0 saturated carbocycles. The van der Waals surface area contributed by atoms with Gasteiger partial charge in [-0.05, 0) is 68.1 Å². The Morgan fingerprint density at radius 2 is 1.61 bits per heavy atom. The standard InChI is InChI=1S/C20H23F3N2O4S2/c21-20(22,23)17-7-6-14(13-19(17)31(24,28)29)12-18(15-8-10-25-11-9-15)30(26,27)16-4-2-1-3-5-16/h1-7,13,15,18,25H,8-12H2,(H2,24,28,29). The van der Waals surface area contributed by atoms with Gasteiger partial charge < -0.3 is 5.32 Å². The van der Waals surface area contributed by atoms with Gasteiger partial charge in [0.1, 0.15) is 0 Å². The van der Waals surface area contributed by atoms with Gasteiger partial charge in [-0.15, -0.1) is 0 Å². The van der Waals surface area contributed by atoms with Crippen LogP contribution >= 0.6 is 0 Å². The quantitative estimate of drug-likeness (QED) is 0.667. The first-order valence-electron chi connectivity index (χ1n) is 9.63. The number of nitrogens with two attached hydrogens (primary N) is 1. The Morgan fingerprint density at radius 1 is 1.00 bits per heavy atom. The number of halogens is 3. The first-order valence-corrected chi connectivity index (χ1v) is 12.7. The average molecular weight is 477 g/mol. The lowest BCUT2D eigenvalue weighted by Gasteiger charge is -2.31. The van der Waals surface area contributed by atoms with Gasteiger partial charge in [-0.2, -0.15) is 13.2 Å². The molecule has 0 spiro atoms. The highest BCUT2D eigenvalue weighted by Crippen LogP contribution is 2.36. The van der Waals surface area contributed by atoms with Crippen LogP contribution in [0.5, 0.6) is 0 Å². The van der Waals surface area contributed by atoms with Crippen LogP contribution in [0.15, 0.2) is 58.3 Å². The SMILES string of the molecule is NS(=O)(=O)c1cc(CC(C2CCNCC2)S(=O)(=O)c2ccccc2)ccc1C(F)(F)F. The van der Waals surface area contributed by atoms with Gasteiger partial charge in [0, 0.05) is 0 Å². The molecular weight excluding hydrogens is 453 g/mol. The van der Waals surface area contributed by atoms with E-state index in [1.165, 1.54) is 12.1 Å². The van der Waals surface area contributed by atoms with Crippen molar-refractivity contribution >= 4 is 19.9 Å². The van der Waals surface area contributed by atoms with E-state index in [0.717, 1.165) is 12.1 Å². The molecule has 0 bridgehead atoms. The van der Waals surface area contributed by atoms with Gasteiger partial charge in [0.15, 0.2) is 9.84 Å². The number of primary sulfonamides is 1. The maximum atomic E-state index is 13.4. The van der Waals surface area contributed by atoms with E-state index in [2.05, 4.69) is 5.32 Å². The molecule has 1 aliphatic heterocycles. The second kappa shape index (κ2) is 8.89. The lowest BCUT2D eigenvalue weighted by atomic mass is 9.90. The van der Waals surface area contributed by atoms with Crippen molar-refractivity contribution in [2.24, 2.45) is 11.1 Å². The smallest absolute Gasteiger partial charge is 0.317 e. The van der Waals surface area contributed by atoms with Crippen LogP contribution in [0.2, 0.25) is 0 Å². The molecule has 1 fully saturated rings. The summed E-state index contributed by atoms with van der Waals surface area (Å²) in [6.07, 6.45) is -3.87. The summed E-state index contributed by atoms with van der Waals surface area (Å²) >= 11 is 0. The Bertz CT molecular complexity index is 1130. The number of sulfone groups is 1. The van der Waals surface area contributed by atoms with Crippen molar-refractivity contribution in [3.05, 3.63) is 59.7 Å². The summed E-state index contributed by atoms with van der Waals surface area (Å²) in [5.74, 6) is -0.230. The molecule has 0 aliphatic carbocycles. The van der Waals surface area contributed by atoms with E-state index in [-0.39, 0.29) is 22.8 Å². The van der Waals surface area contributed by atoms with Crippen molar-refractivity contribution in [3.63, 3.8) is 0 Å². The first-order chi connectivity index (χ1) is 14.4. The summed E-state index contributed by atoms with van der Waals surface area (Å²) in [6, 6.07) is 10.4. The van der Waals surface area contributed by atoms with E-state index in [1.54, 1.807) is 18.2 Å². The molecule has 1 atom stereocenters. The minimum atomic E-state index is -4.91. The van der Waals surface area contributed by atoms with E-state index >= 15 is 0 Å². The summed E-state index contributed by atoms with van der Waals surface area (Å²) < 4.78 is 90.2. The average Bonchev–Trinajstić information content (AvgIpc) is 2.71. The van der Waals surface area contributed by atoms with Crippen molar-refractivity contribution in [2.75, 3.05) is 13.1 Å². The van der Waals surface area contributed by atoms with Crippen LogP contribution in [0.3, 0.4) is 0 Å². The van der Waals surface area contributed by atoms with Gasteiger partial charge in [-0.1, -0.05) is 24.3 Å². The van der Waals surface area contributed by atoms with Crippen molar-refractivity contribution in [2.45, 2.75) is 40.5 Å². The van der Waals surface area contributed by atoms with Gasteiger partial charge >= 0.3 is 6.18 Å². The minimum absolute atomic E-state index is 0.122. The van der Waals surface area contributed by atoms with Crippen LogP contribution in [0, 0.1) is 5.92 Å². The third-order valence-corrected chi connectivity index (χ3v) is 8.70. The highest BCUT2D eigenvalue weighted by Gasteiger charge is 2.38. The zero-order valence-corrected chi connectivity index (χ0v) is 18.1. The number of piperidine rings is 1. The van der Waals surface area contributed by atoms with Crippen molar-refractivity contribution < 1.29 is 30.0 Å². The molecule has 3 N–H and O–H groups in total. The summed E-state index contributed by atoms with van der Waals surface area (Å²) in [6.45, 7) is 1.25. The zero-order valence-electron chi connectivity index (χ0n) is 16.5. The van der Waals surface area contributed by atoms with Crippen LogP contribution < -0.4 is 10.5 Å². The van der Waals surface area contributed by atoms with Crippen molar-refractivity contribution in [1.29, 1.82) is 0 Å². The molecule has 6 nitrogen and oxygen atoms in total. The monoisotopic (exact) mass is 476 g/mol. The number of rotatable bonds is 6. The van der Waals surface area contributed by atoms with Crippen LogP contribution in [0.1, 0.15) is 24.0 Å². The first kappa shape index (κ1) is 23.7. The molecule has 1 heterocycles. The van der Waals surface area contributed by atoms with E-state index in [9.17, 15) is 30.0 Å². The second-order valence-corrected chi connectivity index (χ2v) is 11.3. The van der Waals surface area contributed by atoms with E-state index in [0.29, 0.717) is 32.0 Å². The van der Waals surface area contributed by atoms with Gasteiger partial charge in [-0.25, -0.2) is 22.0 Å². The molecular formula is C20H23F3N2O4S2. The molecule has 2 aromatic rings. The van der Waals surface area contributed by atoms with E-state index in [1.807, 2.05) is 0 Å². The maximum Gasteiger partial charge on any atom is 0.417 e. The van der Waals surface area contributed by atoms with Gasteiger partial charge in [0.25, 0.3) is 0 Å². The molecule has 0 aromatic heterocycles. The van der Waals surface area contributed by atoms with Gasteiger partial charge in [0.05, 0.1) is 20.6 Å². The minimum Gasteiger partial charge on any atom is -0.317 e. The third-order valence-electron chi connectivity index (χ3n) is 5.47. The summed E-state index contributed by atoms with van der Waals surface area (Å²) in [5.41, 5.74) is -1.21. The lowest BCUT2D eigenvalue weighted by Crippen LogP contribution is -2.39. The maximum absolute atomic E-state index is 13.4. The van der Waals surface area contributed by atoms with Crippen LogP contribution in [-0.2, 0) is 32.5 Å². The molecule has 0 amide bonds. The predicted molar refractivity (Wildman–Crippen MR) is 110 cm³/mol. The Morgan fingerprint density at radius 3 is 2.16 bits per heavy atom. The third kappa shape index (κ3) is 5.46. The van der Waals surface area contributed by atoms with Gasteiger partial charge in [0.2, 0.25) is 10.0 Å². The molecule has 31 heavy (non-hydrogen) atoms. The normalized spacial score (nSPS) is 17.4. The van der Waals surface area contributed by atoms with Crippen LogP contribution in [0.4, 0.5) is 13.2 Å². The molecule has 1 aliphatic rings. The molecule has 1 saturated heterocycles. The van der Waals surface area contributed by atoms with Gasteiger partial charge in [-0.3, -0.25) is 0 Å². The van der Waals surface area contributed by atoms with Crippen molar-refractivity contribution in [1.82, 2.24) is 5.32 Å².